The minimum Gasteiger partial charge on any atom is -0.508 e. The number of nitro groups is 1. The summed E-state index contributed by atoms with van der Waals surface area (Å²) in [7, 11) is 0. The number of hydrogen-bond donors (Lipinski definition) is 1. The third kappa shape index (κ3) is 4.06. The second-order valence-electron chi connectivity index (χ2n) is 5.30. The fourth-order valence-corrected chi connectivity index (χ4v) is 2.66. The smallest absolute Gasteiger partial charge is 0.404 e. The van der Waals surface area contributed by atoms with E-state index in [0.29, 0.717) is 17.1 Å². The first-order chi connectivity index (χ1) is 12.4. The predicted molar refractivity (Wildman–Crippen MR) is 95.9 cm³/mol. The zero-order valence-corrected chi connectivity index (χ0v) is 14.8. The number of furan rings is 1. The van der Waals surface area contributed by atoms with Crippen LogP contribution in [0, 0.1) is 10.1 Å². The lowest BCUT2D eigenvalue weighted by Gasteiger charge is -1.95. The van der Waals surface area contributed by atoms with Gasteiger partial charge in [0.1, 0.15) is 28.3 Å². The third-order valence-electron chi connectivity index (χ3n) is 3.42. The largest absolute Gasteiger partial charge is 0.508 e. The number of carbonyl (C=O) groups is 1. The normalized spacial score (nSPS) is 11.1. The number of aromatic nitrogens is 2. The van der Waals surface area contributed by atoms with Crippen molar-refractivity contribution in [2.24, 2.45) is 0 Å². The van der Waals surface area contributed by atoms with Gasteiger partial charge in [0.25, 0.3) is 0 Å². The van der Waals surface area contributed by atoms with Crippen LogP contribution in [0.25, 0.3) is 6.08 Å². The molecule has 0 amide bonds. The average molecular weight is 418 g/mol. The quantitative estimate of drug-likeness (QED) is 0.282. The zero-order chi connectivity index (χ0) is 18.7. The highest BCUT2D eigenvalue weighted by Crippen LogP contribution is 2.23. The van der Waals surface area contributed by atoms with E-state index in [1.54, 1.807) is 12.1 Å². The Morgan fingerprint density at radius 2 is 2.04 bits per heavy atom. The van der Waals surface area contributed by atoms with E-state index in [1.165, 1.54) is 47.3 Å². The molecular weight excluding hydrogens is 406 g/mol. The fourth-order valence-electron chi connectivity index (χ4n) is 2.20. The second-order valence-corrected chi connectivity index (χ2v) is 6.16. The Bertz CT molecular complexity index is 988. The lowest BCUT2D eigenvalue weighted by molar-refractivity contribution is -0.390. The summed E-state index contributed by atoms with van der Waals surface area (Å²) in [4.78, 5) is 22.3. The van der Waals surface area contributed by atoms with Crippen LogP contribution in [0.15, 0.2) is 57.6 Å². The molecule has 3 rings (SSSR count). The van der Waals surface area contributed by atoms with Crippen molar-refractivity contribution in [3.8, 4) is 5.75 Å². The van der Waals surface area contributed by atoms with E-state index in [1.807, 2.05) is 0 Å². The molecule has 0 radical (unpaired) electrons. The molecule has 8 nitrogen and oxygen atoms in total. The molecule has 132 valence electrons. The van der Waals surface area contributed by atoms with Gasteiger partial charge in [0.2, 0.25) is 0 Å². The third-order valence-corrected chi connectivity index (χ3v) is 3.98. The number of allylic oxidation sites excluding steroid dienone is 1. The zero-order valence-electron chi connectivity index (χ0n) is 13.2. The summed E-state index contributed by atoms with van der Waals surface area (Å²) in [6.07, 6.45) is 4.38. The first kappa shape index (κ1) is 17.6. The van der Waals surface area contributed by atoms with Gasteiger partial charge in [-0.25, -0.2) is 0 Å². The lowest BCUT2D eigenvalue weighted by atomic mass is 10.1. The van der Waals surface area contributed by atoms with Crippen molar-refractivity contribution in [2.45, 2.75) is 6.54 Å². The Morgan fingerprint density at radius 1 is 1.31 bits per heavy atom. The van der Waals surface area contributed by atoms with Gasteiger partial charge in [0, 0.05) is 5.56 Å². The Kier molecular flexibility index (Phi) is 4.99. The lowest BCUT2D eigenvalue weighted by Crippen LogP contribution is -2.00. The summed E-state index contributed by atoms with van der Waals surface area (Å²) >= 11 is 3.08. The van der Waals surface area contributed by atoms with E-state index in [2.05, 4.69) is 21.0 Å². The Labute approximate surface area is 155 Å². The van der Waals surface area contributed by atoms with Crippen LogP contribution in [0.1, 0.15) is 21.9 Å². The maximum atomic E-state index is 12.0. The number of ketones is 1. The molecule has 0 aliphatic carbocycles. The molecule has 3 aromatic rings. The van der Waals surface area contributed by atoms with Gasteiger partial charge in [0.05, 0.1) is 11.3 Å². The van der Waals surface area contributed by atoms with Crippen LogP contribution in [-0.4, -0.2) is 25.6 Å². The summed E-state index contributed by atoms with van der Waals surface area (Å²) in [6, 6.07) is 9.31. The summed E-state index contributed by atoms with van der Waals surface area (Å²) < 4.78 is 7.25. The number of carbonyl (C=O) groups excluding carboxylic acids is 1. The summed E-state index contributed by atoms with van der Waals surface area (Å²) in [5.74, 6) is 0.594. The minimum atomic E-state index is -0.578. The van der Waals surface area contributed by atoms with E-state index >= 15 is 0 Å². The van der Waals surface area contributed by atoms with Crippen molar-refractivity contribution >= 4 is 33.6 Å². The Morgan fingerprint density at radius 3 is 2.69 bits per heavy atom. The van der Waals surface area contributed by atoms with E-state index in [-0.39, 0.29) is 28.4 Å². The topological polar surface area (TPSA) is 111 Å². The first-order valence-electron chi connectivity index (χ1n) is 7.40. The van der Waals surface area contributed by atoms with E-state index < -0.39 is 4.92 Å². The van der Waals surface area contributed by atoms with Gasteiger partial charge in [-0.3, -0.25) is 4.79 Å². The molecule has 0 fully saturated rings. The fraction of sp³-hybridized carbons (Fsp3) is 0.0588. The molecule has 9 heteroatoms. The number of nitrogens with zero attached hydrogens (tertiary/aromatic N) is 3. The van der Waals surface area contributed by atoms with E-state index in [9.17, 15) is 20.0 Å². The molecule has 0 saturated heterocycles. The number of phenols is 1. The molecule has 0 aliphatic heterocycles. The number of benzene rings is 1. The summed E-state index contributed by atoms with van der Waals surface area (Å²) in [5.41, 5.74) is 0.444. The molecule has 26 heavy (non-hydrogen) atoms. The SMILES string of the molecule is O=C(/C=C/c1ccc(Cn2cc(Br)c([N+](=O)[O-])n2)o1)c1ccc(O)cc1. The van der Waals surface area contributed by atoms with Crippen molar-refractivity contribution in [3.05, 3.63) is 80.3 Å². The molecule has 1 aromatic carbocycles. The molecule has 0 saturated carbocycles. The van der Waals surface area contributed by atoms with Crippen molar-refractivity contribution in [3.63, 3.8) is 0 Å². The molecular formula is C17H12BrN3O5. The standard InChI is InChI=1S/C17H12BrN3O5/c18-15-10-20(19-17(15)21(24)25)9-14-6-5-13(26-14)7-8-16(23)11-1-3-12(22)4-2-11/h1-8,10,22H,9H2/b8-7+. The highest BCUT2D eigenvalue weighted by Gasteiger charge is 2.19. The Balaban J connectivity index is 1.68. The van der Waals surface area contributed by atoms with Crippen LogP contribution in [0.5, 0.6) is 5.75 Å². The monoisotopic (exact) mass is 417 g/mol. The second kappa shape index (κ2) is 7.36. The number of aromatic hydroxyl groups is 1. The maximum absolute atomic E-state index is 12.0. The van der Waals surface area contributed by atoms with Gasteiger partial charge >= 0.3 is 5.82 Å². The van der Waals surface area contributed by atoms with Gasteiger partial charge in [-0.05, 0) is 69.4 Å². The van der Waals surface area contributed by atoms with Gasteiger partial charge in [-0.1, -0.05) is 0 Å². The molecule has 0 atom stereocenters. The first-order valence-corrected chi connectivity index (χ1v) is 8.19. The molecule has 0 bridgehead atoms. The van der Waals surface area contributed by atoms with E-state index in [0.717, 1.165) is 0 Å². The number of halogens is 1. The van der Waals surface area contributed by atoms with Gasteiger partial charge < -0.3 is 19.6 Å². The van der Waals surface area contributed by atoms with Crippen molar-refractivity contribution in [1.82, 2.24) is 9.78 Å². The van der Waals surface area contributed by atoms with Crippen LogP contribution in [-0.2, 0) is 6.54 Å². The summed E-state index contributed by atoms with van der Waals surface area (Å²) in [5, 5.41) is 23.9. The van der Waals surface area contributed by atoms with Crippen molar-refractivity contribution in [2.75, 3.05) is 0 Å². The molecule has 0 aliphatic rings. The predicted octanol–water partition coefficient (Wildman–Crippen LogP) is 3.80. The molecule has 0 unspecified atom stereocenters. The molecule has 2 aromatic heterocycles. The molecule has 2 heterocycles. The van der Waals surface area contributed by atoms with Crippen LogP contribution < -0.4 is 0 Å². The number of phenolic OH excluding ortho intramolecular Hbond substituents is 1. The highest BCUT2D eigenvalue weighted by atomic mass is 79.9. The van der Waals surface area contributed by atoms with Crippen LogP contribution in [0.2, 0.25) is 0 Å². The van der Waals surface area contributed by atoms with Crippen LogP contribution >= 0.6 is 15.9 Å². The van der Waals surface area contributed by atoms with Crippen LogP contribution in [0.4, 0.5) is 5.82 Å². The number of hydrogen-bond acceptors (Lipinski definition) is 6. The summed E-state index contributed by atoms with van der Waals surface area (Å²) in [6.45, 7) is 0.214. The molecule has 0 spiro atoms. The number of rotatable bonds is 6. The Hall–Kier alpha value is -3.20. The van der Waals surface area contributed by atoms with Crippen molar-refractivity contribution in [1.29, 1.82) is 0 Å². The maximum Gasteiger partial charge on any atom is 0.404 e. The van der Waals surface area contributed by atoms with E-state index in [4.69, 9.17) is 4.42 Å². The van der Waals surface area contributed by atoms with Crippen molar-refractivity contribution < 1.29 is 19.2 Å². The minimum absolute atomic E-state index is 0.0895. The highest BCUT2D eigenvalue weighted by molar-refractivity contribution is 9.10. The average Bonchev–Trinajstić information content (AvgIpc) is 3.20. The van der Waals surface area contributed by atoms with Gasteiger partial charge in [-0.2, -0.15) is 4.68 Å². The molecule has 1 N–H and O–H groups in total. The van der Waals surface area contributed by atoms with Gasteiger partial charge in [0.15, 0.2) is 5.78 Å². The van der Waals surface area contributed by atoms with Gasteiger partial charge in [-0.15, -0.1) is 0 Å². The van der Waals surface area contributed by atoms with Crippen LogP contribution in [0.3, 0.4) is 0 Å².